The predicted octanol–water partition coefficient (Wildman–Crippen LogP) is 7.15. The molecule has 0 radical (unpaired) electrons. The van der Waals surface area contributed by atoms with Gasteiger partial charge in [-0.05, 0) is 115 Å². The first-order valence-corrected chi connectivity index (χ1v) is 19.3. The molecule has 4 rings (SSSR count). The molecule has 2 fully saturated rings. The second-order valence-electron chi connectivity index (χ2n) is 12.8. The first-order chi connectivity index (χ1) is 13.9. The Morgan fingerprint density at radius 2 is 1.67 bits per heavy atom. The molecule has 4 aliphatic carbocycles. The van der Waals surface area contributed by atoms with Gasteiger partial charge in [0.2, 0.25) is 0 Å². The van der Waals surface area contributed by atoms with Crippen LogP contribution in [0.25, 0.3) is 0 Å². The van der Waals surface area contributed by atoms with E-state index in [-0.39, 0.29) is 11.0 Å². The summed E-state index contributed by atoms with van der Waals surface area (Å²) in [6.07, 6.45) is 18.0. The topological polar surface area (TPSA) is 18.5 Å². The largest absolute Gasteiger partial charge is 0.414 e. The van der Waals surface area contributed by atoms with Crippen molar-refractivity contribution in [3.05, 3.63) is 11.1 Å². The molecule has 0 aromatic rings. The second kappa shape index (κ2) is 7.61. The van der Waals surface area contributed by atoms with Gasteiger partial charge in [-0.3, -0.25) is 0 Å². The van der Waals surface area contributed by atoms with E-state index < -0.39 is 16.6 Å². The molecule has 2 saturated carbocycles. The molecule has 6 atom stereocenters. The monoisotopic (exact) mass is 444 g/mol. The van der Waals surface area contributed by atoms with Gasteiger partial charge in [-0.15, -0.1) is 6.42 Å². The fourth-order valence-electron chi connectivity index (χ4n) is 7.73. The van der Waals surface area contributed by atoms with Crippen LogP contribution in [-0.4, -0.2) is 28.3 Å². The summed E-state index contributed by atoms with van der Waals surface area (Å²) in [5.41, 5.74) is 3.44. The predicted molar refractivity (Wildman–Crippen MR) is 131 cm³/mol. The van der Waals surface area contributed by atoms with E-state index in [1.165, 1.54) is 51.4 Å². The van der Waals surface area contributed by atoms with Crippen molar-refractivity contribution in [2.45, 2.75) is 116 Å². The zero-order valence-electron chi connectivity index (χ0n) is 20.6. The molecule has 0 heterocycles. The highest BCUT2D eigenvalue weighted by Crippen LogP contribution is 2.65. The van der Waals surface area contributed by atoms with Crippen molar-refractivity contribution in [3.8, 4) is 12.3 Å². The lowest BCUT2D eigenvalue weighted by molar-refractivity contribution is -0.0612. The third kappa shape index (κ3) is 3.94. The van der Waals surface area contributed by atoms with Crippen LogP contribution in [-0.2, 0) is 8.85 Å². The number of terminal acetylenes is 1. The van der Waals surface area contributed by atoms with E-state index in [0.29, 0.717) is 6.10 Å². The Balaban J connectivity index is 1.55. The minimum atomic E-state index is -1.70. The Kier molecular flexibility index (Phi) is 5.79. The lowest BCUT2D eigenvalue weighted by Crippen LogP contribution is -2.55. The molecule has 0 N–H and O–H groups in total. The molecule has 2 nitrogen and oxygen atoms in total. The molecule has 0 saturated heterocycles. The summed E-state index contributed by atoms with van der Waals surface area (Å²) in [4.78, 5) is 0. The highest BCUT2D eigenvalue weighted by Gasteiger charge is 2.63. The fourth-order valence-corrected chi connectivity index (χ4v) is 10.4. The first-order valence-electron chi connectivity index (χ1n) is 12.4. The zero-order chi connectivity index (χ0) is 21.9. The van der Waals surface area contributed by atoms with Gasteiger partial charge in [0.25, 0.3) is 0 Å². The van der Waals surface area contributed by atoms with Gasteiger partial charge >= 0.3 is 0 Å². The SMILES string of the molecule is C#C[C@]1(O[Si](C)(C)C)CC[C@H]2[C@@H]3CCC4=C(CC[C@@H](O[Si](C)(C)C)C4)[C@H]3CC[C@@]21C. The van der Waals surface area contributed by atoms with Crippen LogP contribution in [0.1, 0.15) is 64.7 Å². The van der Waals surface area contributed by atoms with Gasteiger partial charge in [0, 0.05) is 11.5 Å². The molecule has 0 spiro atoms. The zero-order valence-corrected chi connectivity index (χ0v) is 22.6. The van der Waals surface area contributed by atoms with E-state index >= 15 is 0 Å². The van der Waals surface area contributed by atoms with Crippen LogP contribution in [0.2, 0.25) is 39.3 Å². The van der Waals surface area contributed by atoms with E-state index in [2.05, 4.69) is 52.1 Å². The van der Waals surface area contributed by atoms with Gasteiger partial charge in [0.05, 0.1) is 0 Å². The highest BCUT2D eigenvalue weighted by atomic mass is 28.4. The minimum absolute atomic E-state index is 0.152. The quantitative estimate of drug-likeness (QED) is 0.260. The smallest absolute Gasteiger partial charge is 0.185 e. The van der Waals surface area contributed by atoms with E-state index in [1.54, 1.807) is 5.57 Å². The van der Waals surface area contributed by atoms with Crippen molar-refractivity contribution in [2.75, 3.05) is 0 Å². The number of hydrogen-bond acceptors (Lipinski definition) is 2. The molecule has 0 unspecified atom stereocenters. The number of allylic oxidation sites excluding steroid dienone is 1. The number of rotatable bonds is 4. The van der Waals surface area contributed by atoms with Gasteiger partial charge in [0.1, 0.15) is 5.60 Å². The molecule has 30 heavy (non-hydrogen) atoms. The van der Waals surface area contributed by atoms with Crippen molar-refractivity contribution >= 4 is 16.6 Å². The average molecular weight is 445 g/mol. The summed E-state index contributed by atoms with van der Waals surface area (Å²) in [7, 11) is -3.16. The lowest BCUT2D eigenvalue weighted by Gasteiger charge is -2.55. The maximum Gasteiger partial charge on any atom is 0.185 e. The highest BCUT2D eigenvalue weighted by molar-refractivity contribution is 6.70. The summed E-state index contributed by atoms with van der Waals surface area (Å²) in [6, 6.07) is 0. The molecule has 0 aliphatic heterocycles. The molecule has 168 valence electrons. The third-order valence-corrected chi connectivity index (χ3v) is 10.7. The second-order valence-corrected chi connectivity index (χ2v) is 21.7. The molecular weight excluding hydrogens is 400 g/mol. The standard InChI is InChI=1S/C26H44O2Si2/c1-9-26(28-30(6,7)8)17-15-24-23-12-10-19-18-20(27-29(3,4)5)11-13-21(19)22(23)14-16-25(24,26)2/h1,20,22-24H,10-18H2,2-8H3/t20-,22-,23-,24+,25+,26+/m1/s1. The van der Waals surface area contributed by atoms with E-state index in [0.717, 1.165) is 24.2 Å². The minimum Gasteiger partial charge on any atom is -0.414 e. The Bertz CT molecular complexity index is 752. The maximum absolute atomic E-state index is 6.83. The molecular formula is C26H44O2Si2. The molecule has 0 aromatic heterocycles. The van der Waals surface area contributed by atoms with Crippen molar-refractivity contribution < 1.29 is 8.85 Å². The van der Waals surface area contributed by atoms with E-state index in [4.69, 9.17) is 15.3 Å². The van der Waals surface area contributed by atoms with Crippen LogP contribution in [0.3, 0.4) is 0 Å². The molecule has 4 heteroatoms. The fraction of sp³-hybridized carbons (Fsp3) is 0.846. The summed E-state index contributed by atoms with van der Waals surface area (Å²) in [5, 5.41) is 0. The lowest BCUT2D eigenvalue weighted by atomic mass is 9.52. The summed E-state index contributed by atoms with van der Waals surface area (Å²) < 4.78 is 13.3. The number of hydrogen-bond donors (Lipinski definition) is 0. The summed E-state index contributed by atoms with van der Waals surface area (Å²) in [6.45, 7) is 16.4. The van der Waals surface area contributed by atoms with Crippen LogP contribution in [0, 0.1) is 35.5 Å². The Morgan fingerprint density at radius 3 is 2.30 bits per heavy atom. The molecule has 0 aromatic carbocycles. The van der Waals surface area contributed by atoms with Gasteiger partial charge in [-0.1, -0.05) is 24.0 Å². The van der Waals surface area contributed by atoms with Crippen LogP contribution < -0.4 is 0 Å². The maximum atomic E-state index is 6.83. The molecule has 0 amide bonds. The average Bonchev–Trinajstić information content (AvgIpc) is 2.91. The number of fused-ring (bicyclic) bond motifs is 4. The first kappa shape index (κ1) is 22.8. The summed E-state index contributed by atoms with van der Waals surface area (Å²) >= 11 is 0. The Morgan fingerprint density at radius 1 is 0.933 bits per heavy atom. The van der Waals surface area contributed by atoms with E-state index in [9.17, 15) is 0 Å². The van der Waals surface area contributed by atoms with Crippen LogP contribution in [0.4, 0.5) is 0 Å². The van der Waals surface area contributed by atoms with E-state index in [1.807, 2.05) is 5.57 Å². The summed E-state index contributed by atoms with van der Waals surface area (Å²) in [5.74, 6) is 5.59. The van der Waals surface area contributed by atoms with Gasteiger partial charge < -0.3 is 8.85 Å². The van der Waals surface area contributed by atoms with Crippen molar-refractivity contribution in [1.82, 2.24) is 0 Å². The van der Waals surface area contributed by atoms with Gasteiger partial charge in [-0.2, -0.15) is 0 Å². The van der Waals surface area contributed by atoms with Crippen LogP contribution in [0.15, 0.2) is 11.1 Å². The third-order valence-electron chi connectivity index (χ3n) is 8.68. The van der Waals surface area contributed by atoms with Crippen LogP contribution in [0.5, 0.6) is 0 Å². The Hall–Kier alpha value is -0.346. The van der Waals surface area contributed by atoms with Crippen molar-refractivity contribution in [3.63, 3.8) is 0 Å². The van der Waals surface area contributed by atoms with Crippen LogP contribution >= 0.6 is 0 Å². The van der Waals surface area contributed by atoms with Crippen molar-refractivity contribution in [1.29, 1.82) is 0 Å². The molecule has 4 aliphatic rings. The van der Waals surface area contributed by atoms with Gasteiger partial charge in [0.15, 0.2) is 16.6 Å². The Labute approximate surface area is 187 Å². The normalized spacial score (nSPS) is 41.7. The van der Waals surface area contributed by atoms with Gasteiger partial charge in [-0.25, -0.2) is 0 Å². The van der Waals surface area contributed by atoms with Crippen molar-refractivity contribution in [2.24, 2.45) is 23.2 Å². The molecule has 0 bridgehead atoms.